The van der Waals surface area contributed by atoms with Gasteiger partial charge in [-0.1, -0.05) is 42.0 Å². The minimum Gasteiger partial charge on any atom is -0.497 e. The van der Waals surface area contributed by atoms with E-state index in [9.17, 15) is 9.18 Å². The Kier molecular flexibility index (Phi) is 8.09. The first-order valence-electron chi connectivity index (χ1n) is 12.4. The minimum absolute atomic E-state index is 0.0364. The van der Waals surface area contributed by atoms with Crippen LogP contribution in [0.15, 0.2) is 72.3 Å². The summed E-state index contributed by atoms with van der Waals surface area (Å²) in [7, 11) is 1.58. The lowest BCUT2D eigenvalue weighted by Crippen LogP contribution is -2.09. The molecule has 0 aliphatic heterocycles. The second-order valence-electron chi connectivity index (χ2n) is 9.33. The molecule has 0 fully saturated rings. The lowest BCUT2D eigenvalue weighted by Gasteiger charge is -2.17. The molecule has 0 spiro atoms. The summed E-state index contributed by atoms with van der Waals surface area (Å²) in [6, 6.07) is 18.8. The highest BCUT2D eigenvalue weighted by Gasteiger charge is 2.25. The molecule has 0 saturated carbocycles. The van der Waals surface area contributed by atoms with Crippen molar-refractivity contribution in [1.82, 2.24) is 0 Å². The first kappa shape index (κ1) is 25.5. The molecule has 2 atom stereocenters. The third kappa shape index (κ3) is 5.96. The number of methoxy groups -OCH3 is 1. The number of hydrogen-bond donors (Lipinski definition) is 0. The van der Waals surface area contributed by atoms with Gasteiger partial charge in [0.1, 0.15) is 23.4 Å². The van der Waals surface area contributed by atoms with E-state index in [1.165, 1.54) is 11.6 Å². The quantitative estimate of drug-likeness (QED) is 0.230. The third-order valence-electron chi connectivity index (χ3n) is 6.46. The van der Waals surface area contributed by atoms with Gasteiger partial charge < -0.3 is 14.2 Å². The lowest BCUT2D eigenvalue weighted by molar-refractivity contribution is -0.143. The fourth-order valence-electron chi connectivity index (χ4n) is 4.75. The Labute approximate surface area is 212 Å². The van der Waals surface area contributed by atoms with Gasteiger partial charge >= 0.3 is 5.97 Å². The van der Waals surface area contributed by atoms with Crippen LogP contribution in [0.2, 0.25) is 0 Å². The van der Waals surface area contributed by atoms with E-state index < -0.39 is 0 Å². The van der Waals surface area contributed by atoms with E-state index in [2.05, 4.69) is 12.1 Å². The molecule has 3 aromatic rings. The normalized spacial score (nSPS) is 15.1. The maximum atomic E-state index is 14.5. The summed E-state index contributed by atoms with van der Waals surface area (Å²) in [6.07, 6.45) is 4.10. The lowest BCUT2D eigenvalue weighted by atomic mass is 9.93. The summed E-state index contributed by atoms with van der Waals surface area (Å²) in [6.45, 7) is 6.26. The fraction of sp³-hybridized carbons (Fsp3) is 0.323. The number of hydrogen-bond acceptors (Lipinski definition) is 4. The van der Waals surface area contributed by atoms with Crippen LogP contribution in [0.3, 0.4) is 0 Å². The number of carbonyl (C=O) groups excluding carboxylic acids is 1. The van der Waals surface area contributed by atoms with Gasteiger partial charge in [0, 0.05) is 11.5 Å². The van der Waals surface area contributed by atoms with Crippen LogP contribution in [-0.4, -0.2) is 19.7 Å². The molecule has 188 valence electrons. The van der Waals surface area contributed by atoms with E-state index in [-0.39, 0.29) is 23.8 Å². The van der Waals surface area contributed by atoms with Gasteiger partial charge in [-0.3, -0.25) is 4.79 Å². The standard InChI is InChI=1S/C31H33FO4/c1-5-35-31(33)18-24(16-20(2)3)21-6-10-25(11-7-21)36-30-15-9-22-17-23(8-13-27(22)30)28-19-26(34-4)12-14-29(28)32/h6-8,10-14,16-17,19,24,30H,5,9,15,18H2,1-4H3. The Morgan fingerprint density at radius 2 is 1.81 bits per heavy atom. The zero-order valence-corrected chi connectivity index (χ0v) is 21.3. The highest BCUT2D eigenvalue weighted by Crippen LogP contribution is 2.38. The number of rotatable bonds is 9. The molecule has 4 rings (SSSR count). The number of ether oxygens (including phenoxy) is 3. The number of carbonyl (C=O) groups is 1. The molecule has 2 unspecified atom stereocenters. The second-order valence-corrected chi connectivity index (χ2v) is 9.33. The molecule has 5 heteroatoms. The Morgan fingerprint density at radius 1 is 1.06 bits per heavy atom. The molecular weight excluding hydrogens is 455 g/mol. The van der Waals surface area contributed by atoms with Gasteiger partial charge in [0.05, 0.1) is 20.1 Å². The second kappa shape index (κ2) is 11.4. The maximum Gasteiger partial charge on any atom is 0.306 e. The number of allylic oxidation sites excluding steroid dienone is 2. The molecule has 0 N–H and O–H groups in total. The van der Waals surface area contributed by atoms with Gasteiger partial charge in [0.25, 0.3) is 0 Å². The summed E-state index contributed by atoms with van der Waals surface area (Å²) in [5, 5.41) is 0. The molecule has 0 radical (unpaired) electrons. The predicted octanol–water partition coefficient (Wildman–Crippen LogP) is 7.57. The van der Waals surface area contributed by atoms with Crippen LogP contribution in [0, 0.1) is 5.82 Å². The number of benzene rings is 3. The Balaban J connectivity index is 1.49. The minimum atomic E-state index is -0.268. The van der Waals surface area contributed by atoms with Crippen LogP contribution < -0.4 is 9.47 Å². The molecule has 3 aromatic carbocycles. The molecule has 0 aromatic heterocycles. The van der Waals surface area contributed by atoms with Gasteiger partial charge in [0.2, 0.25) is 0 Å². The molecule has 1 aliphatic rings. The fourth-order valence-corrected chi connectivity index (χ4v) is 4.75. The average molecular weight is 489 g/mol. The van der Waals surface area contributed by atoms with Crippen LogP contribution in [0.4, 0.5) is 4.39 Å². The summed E-state index contributed by atoms with van der Waals surface area (Å²) >= 11 is 0. The van der Waals surface area contributed by atoms with Crippen molar-refractivity contribution in [3.8, 4) is 22.6 Å². The van der Waals surface area contributed by atoms with Crippen LogP contribution in [0.1, 0.15) is 62.3 Å². The van der Waals surface area contributed by atoms with Crippen molar-refractivity contribution in [1.29, 1.82) is 0 Å². The van der Waals surface area contributed by atoms with Crippen molar-refractivity contribution in [2.24, 2.45) is 0 Å². The summed E-state index contributed by atoms with van der Waals surface area (Å²) < 4.78 is 31.2. The van der Waals surface area contributed by atoms with Crippen molar-refractivity contribution in [2.45, 2.75) is 52.1 Å². The van der Waals surface area contributed by atoms with Crippen LogP contribution in [-0.2, 0) is 16.0 Å². The molecule has 36 heavy (non-hydrogen) atoms. The first-order valence-corrected chi connectivity index (χ1v) is 12.4. The molecule has 0 heterocycles. The molecule has 0 amide bonds. The average Bonchev–Trinajstić information content (AvgIpc) is 3.26. The SMILES string of the molecule is CCOC(=O)CC(C=C(C)C)c1ccc(OC2CCc3cc(-c4cc(OC)ccc4F)ccc32)cc1. The van der Waals surface area contributed by atoms with Crippen molar-refractivity contribution < 1.29 is 23.4 Å². The number of aryl methyl sites for hydroxylation is 1. The van der Waals surface area contributed by atoms with Gasteiger partial charge in [-0.15, -0.1) is 0 Å². The predicted molar refractivity (Wildman–Crippen MR) is 140 cm³/mol. The van der Waals surface area contributed by atoms with Crippen LogP contribution in [0.25, 0.3) is 11.1 Å². The molecule has 4 nitrogen and oxygen atoms in total. The van der Waals surface area contributed by atoms with E-state index in [0.29, 0.717) is 24.3 Å². The topological polar surface area (TPSA) is 44.8 Å². The monoisotopic (exact) mass is 488 g/mol. The van der Waals surface area contributed by atoms with Crippen molar-refractivity contribution >= 4 is 5.97 Å². The number of fused-ring (bicyclic) bond motifs is 1. The first-order chi connectivity index (χ1) is 17.4. The van der Waals surface area contributed by atoms with Gasteiger partial charge in [-0.2, -0.15) is 0 Å². The maximum absolute atomic E-state index is 14.5. The smallest absolute Gasteiger partial charge is 0.306 e. The van der Waals surface area contributed by atoms with Crippen LogP contribution >= 0.6 is 0 Å². The largest absolute Gasteiger partial charge is 0.497 e. The van der Waals surface area contributed by atoms with E-state index in [4.69, 9.17) is 14.2 Å². The van der Waals surface area contributed by atoms with Gasteiger partial charge in [-0.25, -0.2) is 4.39 Å². The molecule has 0 bridgehead atoms. The summed E-state index contributed by atoms with van der Waals surface area (Å²) in [5.41, 5.74) is 5.88. The Morgan fingerprint density at radius 3 is 2.50 bits per heavy atom. The molecular formula is C31H33FO4. The zero-order chi connectivity index (χ0) is 25.7. The number of esters is 1. The molecule has 1 aliphatic carbocycles. The van der Waals surface area contributed by atoms with Gasteiger partial charge in [-0.05, 0) is 86.2 Å². The Bertz CT molecular complexity index is 1240. The van der Waals surface area contributed by atoms with E-state index in [1.807, 2.05) is 57.2 Å². The summed E-state index contributed by atoms with van der Waals surface area (Å²) in [4.78, 5) is 12.1. The zero-order valence-electron chi connectivity index (χ0n) is 21.3. The summed E-state index contributed by atoms with van der Waals surface area (Å²) in [5.74, 6) is 0.912. The van der Waals surface area contributed by atoms with Crippen LogP contribution in [0.5, 0.6) is 11.5 Å². The van der Waals surface area contributed by atoms with Crippen molar-refractivity contribution in [3.05, 3.63) is 94.8 Å². The van der Waals surface area contributed by atoms with Crippen molar-refractivity contribution in [2.75, 3.05) is 13.7 Å². The van der Waals surface area contributed by atoms with E-state index in [0.717, 1.165) is 40.9 Å². The van der Waals surface area contributed by atoms with Crippen molar-refractivity contribution in [3.63, 3.8) is 0 Å². The highest BCUT2D eigenvalue weighted by molar-refractivity contribution is 5.71. The number of halogens is 1. The highest BCUT2D eigenvalue weighted by atomic mass is 19.1. The third-order valence-corrected chi connectivity index (χ3v) is 6.46. The molecule has 0 saturated heterocycles. The Hall–Kier alpha value is -3.60. The van der Waals surface area contributed by atoms with E-state index >= 15 is 0 Å². The van der Waals surface area contributed by atoms with Gasteiger partial charge in [0.15, 0.2) is 0 Å². The van der Waals surface area contributed by atoms with E-state index in [1.54, 1.807) is 19.2 Å².